The molecule has 2 rings (SSSR count). The standard InChI is InChI=1S/C29H41NO5Si/c1-5-18-35-29(32)27(22-24-11-7-6-8-12-24)30-23-25-14-16-26(17-15-25)33-19-10-9-13-28(31)34-20-21-36(2,3)4/h5-8,11-12,14-17,27,30H,1,9-10,13,18-23H2,2-4H3/t27-/m0/s1. The Morgan fingerprint density at radius 1 is 0.944 bits per heavy atom. The number of esters is 2. The van der Waals surface area contributed by atoms with E-state index in [2.05, 4.69) is 31.5 Å². The molecule has 0 saturated heterocycles. The van der Waals surface area contributed by atoms with Crippen molar-refractivity contribution in [1.29, 1.82) is 0 Å². The Morgan fingerprint density at radius 2 is 1.67 bits per heavy atom. The minimum atomic E-state index is -1.17. The quantitative estimate of drug-likeness (QED) is 0.130. The topological polar surface area (TPSA) is 73.9 Å². The summed E-state index contributed by atoms with van der Waals surface area (Å²) in [5.41, 5.74) is 2.10. The lowest BCUT2D eigenvalue weighted by Gasteiger charge is -2.18. The maximum absolute atomic E-state index is 12.5. The van der Waals surface area contributed by atoms with Crippen LogP contribution in [-0.2, 0) is 32.0 Å². The zero-order valence-corrected chi connectivity index (χ0v) is 23.0. The Morgan fingerprint density at radius 3 is 2.33 bits per heavy atom. The van der Waals surface area contributed by atoms with Gasteiger partial charge in [-0.3, -0.25) is 9.59 Å². The average Bonchev–Trinajstić information content (AvgIpc) is 2.85. The van der Waals surface area contributed by atoms with Crippen LogP contribution in [0.4, 0.5) is 0 Å². The molecule has 0 aliphatic carbocycles. The monoisotopic (exact) mass is 511 g/mol. The van der Waals surface area contributed by atoms with Crippen molar-refractivity contribution in [2.24, 2.45) is 0 Å². The first-order valence-corrected chi connectivity index (χ1v) is 16.4. The van der Waals surface area contributed by atoms with E-state index < -0.39 is 14.1 Å². The van der Waals surface area contributed by atoms with Gasteiger partial charge >= 0.3 is 11.9 Å². The summed E-state index contributed by atoms with van der Waals surface area (Å²) in [6.45, 7) is 12.2. The summed E-state index contributed by atoms with van der Waals surface area (Å²) in [4.78, 5) is 24.3. The van der Waals surface area contributed by atoms with E-state index in [-0.39, 0.29) is 18.5 Å². The van der Waals surface area contributed by atoms with Gasteiger partial charge in [0.15, 0.2) is 0 Å². The van der Waals surface area contributed by atoms with Crippen LogP contribution in [0, 0.1) is 0 Å². The number of ether oxygens (including phenoxy) is 3. The molecular weight excluding hydrogens is 470 g/mol. The number of benzene rings is 2. The molecule has 0 spiro atoms. The third kappa shape index (κ3) is 12.7. The summed E-state index contributed by atoms with van der Waals surface area (Å²) in [5.74, 6) is 0.366. The Bertz CT molecular complexity index is 925. The second-order valence-electron chi connectivity index (χ2n) is 10.0. The number of carbonyl (C=O) groups excluding carboxylic acids is 2. The average molecular weight is 512 g/mol. The molecule has 2 aromatic rings. The molecule has 0 bridgehead atoms. The lowest BCUT2D eigenvalue weighted by atomic mass is 10.1. The van der Waals surface area contributed by atoms with Crippen molar-refractivity contribution in [2.75, 3.05) is 19.8 Å². The Labute approximate surface area is 217 Å². The summed E-state index contributed by atoms with van der Waals surface area (Å²) in [6.07, 6.45) is 4.08. The maximum atomic E-state index is 12.5. The highest BCUT2D eigenvalue weighted by molar-refractivity contribution is 6.76. The van der Waals surface area contributed by atoms with Crippen LogP contribution in [0.3, 0.4) is 0 Å². The summed E-state index contributed by atoms with van der Waals surface area (Å²) in [6, 6.07) is 18.2. The van der Waals surface area contributed by atoms with Crippen molar-refractivity contribution in [1.82, 2.24) is 5.32 Å². The largest absolute Gasteiger partial charge is 0.494 e. The summed E-state index contributed by atoms with van der Waals surface area (Å²) < 4.78 is 16.4. The van der Waals surface area contributed by atoms with Crippen LogP contribution < -0.4 is 10.1 Å². The zero-order valence-electron chi connectivity index (χ0n) is 22.0. The fourth-order valence-electron chi connectivity index (χ4n) is 3.38. The van der Waals surface area contributed by atoms with Crippen molar-refractivity contribution in [2.45, 2.75) is 64.0 Å². The van der Waals surface area contributed by atoms with E-state index in [9.17, 15) is 9.59 Å². The summed E-state index contributed by atoms with van der Waals surface area (Å²) in [7, 11) is -1.17. The van der Waals surface area contributed by atoms with E-state index in [0.29, 0.717) is 32.6 Å². The minimum Gasteiger partial charge on any atom is -0.494 e. The molecule has 2 aromatic carbocycles. The molecule has 6 nitrogen and oxygen atoms in total. The highest BCUT2D eigenvalue weighted by atomic mass is 28.3. The second kappa shape index (κ2) is 16.0. The third-order valence-electron chi connectivity index (χ3n) is 5.55. The number of carbonyl (C=O) groups is 2. The molecule has 1 N–H and O–H groups in total. The molecule has 0 heterocycles. The highest BCUT2D eigenvalue weighted by Gasteiger charge is 2.20. The zero-order chi connectivity index (χ0) is 26.2. The second-order valence-corrected chi connectivity index (χ2v) is 15.6. The number of rotatable bonds is 17. The molecule has 1 atom stereocenters. The van der Waals surface area contributed by atoms with Gasteiger partial charge in [0.05, 0.1) is 13.2 Å². The Balaban J connectivity index is 1.71. The minimum absolute atomic E-state index is 0.121. The molecule has 0 amide bonds. The highest BCUT2D eigenvalue weighted by Crippen LogP contribution is 2.14. The molecule has 0 aliphatic heterocycles. The van der Waals surface area contributed by atoms with E-state index in [1.54, 1.807) is 6.08 Å². The van der Waals surface area contributed by atoms with Crippen molar-refractivity contribution in [3.63, 3.8) is 0 Å². The first-order valence-electron chi connectivity index (χ1n) is 12.7. The van der Waals surface area contributed by atoms with Gasteiger partial charge in [-0.05, 0) is 48.6 Å². The molecule has 0 radical (unpaired) electrons. The molecule has 0 saturated carbocycles. The first-order chi connectivity index (χ1) is 17.3. The van der Waals surface area contributed by atoms with Crippen LogP contribution in [-0.4, -0.2) is 45.9 Å². The fraction of sp³-hybridized carbons (Fsp3) is 0.448. The van der Waals surface area contributed by atoms with E-state index in [1.807, 2.05) is 54.6 Å². The van der Waals surface area contributed by atoms with Crippen molar-refractivity contribution >= 4 is 20.0 Å². The Kier molecular flexibility index (Phi) is 13.0. The molecule has 7 heteroatoms. The van der Waals surface area contributed by atoms with Gasteiger partial charge in [-0.25, -0.2) is 0 Å². The molecule has 0 aromatic heterocycles. The predicted octanol–water partition coefficient (Wildman–Crippen LogP) is 5.55. The molecular formula is C29H41NO5Si. The van der Waals surface area contributed by atoms with Gasteiger partial charge in [0.2, 0.25) is 0 Å². The van der Waals surface area contributed by atoms with Crippen LogP contribution in [0.5, 0.6) is 5.75 Å². The summed E-state index contributed by atoms with van der Waals surface area (Å²) in [5, 5.41) is 3.31. The van der Waals surface area contributed by atoms with Crippen LogP contribution in [0.1, 0.15) is 30.4 Å². The fourth-order valence-corrected chi connectivity index (χ4v) is 4.09. The van der Waals surface area contributed by atoms with Gasteiger partial charge in [-0.15, -0.1) is 0 Å². The van der Waals surface area contributed by atoms with E-state index in [0.717, 1.165) is 35.8 Å². The number of unbranched alkanes of at least 4 members (excludes halogenated alkanes) is 1. The van der Waals surface area contributed by atoms with Gasteiger partial charge in [-0.1, -0.05) is 74.8 Å². The Hall–Kier alpha value is -2.90. The van der Waals surface area contributed by atoms with Gasteiger partial charge in [0.1, 0.15) is 18.4 Å². The van der Waals surface area contributed by atoms with Crippen LogP contribution >= 0.6 is 0 Å². The van der Waals surface area contributed by atoms with Crippen molar-refractivity contribution in [3.05, 3.63) is 78.4 Å². The van der Waals surface area contributed by atoms with Gasteiger partial charge in [-0.2, -0.15) is 0 Å². The number of hydrogen-bond donors (Lipinski definition) is 1. The van der Waals surface area contributed by atoms with Crippen LogP contribution in [0.2, 0.25) is 25.7 Å². The van der Waals surface area contributed by atoms with E-state index >= 15 is 0 Å². The molecule has 196 valence electrons. The normalized spacial score (nSPS) is 12.0. The third-order valence-corrected chi connectivity index (χ3v) is 7.25. The number of hydrogen-bond acceptors (Lipinski definition) is 6. The van der Waals surface area contributed by atoms with Crippen LogP contribution in [0.25, 0.3) is 0 Å². The first kappa shape index (κ1) is 29.3. The lowest BCUT2D eigenvalue weighted by molar-refractivity contribution is -0.145. The van der Waals surface area contributed by atoms with Crippen molar-refractivity contribution in [3.8, 4) is 5.75 Å². The molecule has 0 unspecified atom stereocenters. The van der Waals surface area contributed by atoms with E-state index in [1.165, 1.54) is 0 Å². The predicted molar refractivity (Wildman–Crippen MR) is 147 cm³/mol. The lowest BCUT2D eigenvalue weighted by Crippen LogP contribution is -2.39. The smallest absolute Gasteiger partial charge is 0.323 e. The summed E-state index contributed by atoms with van der Waals surface area (Å²) >= 11 is 0. The maximum Gasteiger partial charge on any atom is 0.323 e. The van der Waals surface area contributed by atoms with Gasteiger partial charge < -0.3 is 19.5 Å². The van der Waals surface area contributed by atoms with Gasteiger partial charge in [0.25, 0.3) is 0 Å². The SMILES string of the molecule is C=CCOC(=O)[C@H](Cc1ccccc1)NCc1ccc(OCCCCC(=O)OCC[Si](C)(C)C)cc1. The van der Waals surface area contributed by atoms with E-state index in [4.69, 9.17) is 14.2 Å². The van der Waals surface area contributed by atoms with Crippen LogP contribution in [0.15, 0.2) is 67.3 Å². The molecule has 0 fully saturated rings. The number of nitrogens with one attached hydrogen (secondary N) is 1. The van der Waals surface area contributed by atoms with Gasteiger partial charge in [0, 0.05) is 21.0 Å². The van der Waals surface area contributed by atoms with Crippen molar-refractivity contribution < 1.29 is 23.8 Å². The molecule has 36 heavy (non-hydrogen) atoms. The molecule has 0 aliphatic rings.